The summed E-state index contributed by atoms with van der Waals surface area (Å²) in [6.45, 7) is 0.757. The van der Waals surface area contributed by atoms with Crippen molar-refractivity contribution in [3.8, 4) is 0 Å². The molecule has 120 valence electrons. The number of carbonyl (C=O) groups is 2. The molecule has 1 N–H and O–H groups in total. The number of hydrogen-bond acceptors (Lipinski definition) is 4. The van der Waals surface area contributed by atoms with Crippen molar-refractivity contribution in [1.82, 2.24) is 10.2 Å². The van der Waals surface area contributed by atoms with Crippen LogP contribution in [0.5, 0.6) is 0 Å². The largest absolute Gasteiger partial charge is 0.343 e. The van der Waals surface area contributed by atoms with Crippen LogP contribution in [0.4, 0.5) is 0 Å². The van der Waals surface area contributed by atoms with E-state index < -0.39 is 9.84 Å². The molecule has 0 radical (unpaired) electrons. The SMILES string of the molecule is CS(=O)(=O)C1CCN(C(=O)CNC(=O)c2ccccc2)CC1. The van der Waals surface area contributed by atoms with Crippen molar-refractivity contribution in [1.29, 1.82) is 0 Å². The molecule has 1 fully saturated rings. The van der Waals surface area contributed by atoms with Crippen LogP contribution in [0.1, 0.15) is 23.2 Å². The Bertz CT molecular complexity index is 635. The maximum atomic E-state index is 12.1. The number of carbonyl (C=O) groups excluding carboxylic acids is 2. The first kappa shape index (κ1) is 16.5. The van der Waals surface area contributed by atoms with Crippen LogP contribution in [0.2, 0.25) is 0 Å². The molecule has 0 unspecified atom stereocenters. The Morgan fingerprint density at radius 2 is 1.77 bits per heavy atom. The summed E-state index contributed by atoms with van der Waals surface area (Å²) in [5.41, 5.74) is 0.506. The second-order valence-electron chi connectivity index (χ2n) is 5.46. The van der Waals surface area contributed by atoms with E-state index in [1.807, 2.05) is 6.07 Å². The average molecular weight is 324 g/mol. The second-order valence-corrected chi connectivity index (χ2v) is 7.78. The van der Waals surface area contributed by atoms with E-state index in [-0.39, 0.29) is 23.6 Å². The lowest BCUT2D eigenvalue weighted by molar-refractivity contribution is -0.130. The van der Waals surface area contributed by atoms with Gasteiger partial charge in [0.1, 0.15) is 9.84 Å². The van der Waals surface area contributed by atoms with Crippen LogP contribution in [0.3, 0.4) is 0 Å². The highest BCUT2D eigenvalue weighted by Gasteiger charge is 2.28. The first-order chi connectivity index (χ1) is 10.4. The summed E-state index contributed by atoms with van der Waals surface area (Å²) in [4.78, 5) is 25.5. The number of piperidine rings is 1. The van der Waals surface area contributed by atoms with Crippen LogP contribution in [0.15, 0.2) is 30.3 Å². The number of amides is 2. The number of hydrogen-bond donors (Lipinski definition) is 1. The summed E-state index contributed by atoms with van der Waals surface area (Å²) in [6, 6.07) is 8.68. The molecule has 0 spiro atoms. The van der Waals surface area contributed by atoms with Crippen LogP contribution in [0, 0.1) is 0 Å². The zero-order valence-corrected chi connectivity index (χ0v) is 13.3. The van der Waals surface area contributed by atoms with Crippen molar-refractivity contribution < 1.29 is 18.0 Å². The molecular formula is C15H20N2O4S. The standard InChI is InChI=1S/C15H20N2O4S/c1-22(20,21)13-7-9-17(10-8-13)14(18)11-16-15(19)12-5-3-2-4-6-12/h2-6,13H,7-11H2,1H3,(H,16,19). The third kappa shape index (κ3) is 4.30. The molecule has 1 aromatic carbocycles. The summed E-state index contributed by atoms with van der Waals surface area (Å²) in [5, 5.41) is 2.22. The number of nitrogens with zero attached hydrogens (tertiary/aromatic N) is 1. The summed E-state index contributed by atoms with van der Waals surface area (Å²) < 4.78 is 22.9. The minimum Gasteiger partial charge on any atom is -0.343 e. The van der Waals surface area contributed by atoms with Crippen molar-refractivity contribution in [3.05, 3.63) is 35.9 Å². The summed E-state index contributed by atoms with van der Waals surface area (Å²) in [6.07, 6.45) is 2.14. The van der Waals surface area contributed by atoms with Crippen molar-refractivity contribution >= 4 is 21.7 Å². The number of sulfone groups is 1. The number of rotatable bonds is 4. The molecule has 2 amide bonds. The quantitative estimate of drug-likeness (QED) is 0.872. The summed E-state index contributed by atoms with van der Waals surface area (Å²) in [5.74, 6) is -0.476. The van der Waals surface area contributed by atoms with Crippen LogP contribution in [0.25, 0.3) is 0 Å². The lowest BCUT2D eigenvalue weighted by atomic mass is 10.1. The number of benzene rings is 1. The van der Waals surface area contributed by atoms with E-state index in [0.29, 0.717) is 31.5 Å². The Kier molecular flexibility index (Phi) is 5.18. The van der Waals surface area contributed by atoms with E-state index in [2.05, 4.69) is 5.32 Å². The van der Waals surface area contributed by atoms with E-state index >= 15 is 0 Å². The summed E-state index contributed by atoms with van der Waals surface area (Å²) >= 11 is 0. The molecule has 0 bridgehead atoms. The smallest absolute Gasteiger partial charge is 0.251 e. The van der Waals surface area contributed by atoms with E-state index in [4.69, 9.17) is 0 Å². The fourth-order valence-electron chi connectivity index (χ4n) is 2.49. The number of likely N-dealkylation sites (tertiary alicyclic amines) is 1. The van der Waals surface area contributed by atoms with Gasteiger partial charge in [-0.15, -0.1) is 0 Å². The summed E-state index contributed by atoms with van der Waals surface area (Å²) in [7, 11) is -3.04. The van der Waals surface area contributed by atoms with Crippen LogP contribution < -0.4 is 5.32 Å². The van der Waals surface area contributed by atoms with Crippen LogP contribution in [-0.4, -0.2) is 56.3 Å². The lowest BCUT2D eigenvalue weighted by Gasteiger charge is -2.31. The average Bonchev–Trinajstić information content (AvgIpc) is 2.52. The first-order valence-corrected chi connectivity index (χ1v) is 9.13. The highest BCUT2D eigenvalue weighted by atomic mass is 32.2. The molecule has 1 aliphatic rings. The minimum atomic E-state index is -3.04. The minimum absolute atomic E-state index is 0.0722. The van der Waals surface area contributed by atoms with Gasteiger partial charge in [0.15, 0.2) is 0 Å². The predicted octanol–water partition coefficient (Wildman–Crippen LogP) is 0.452. The lowest BCUT2D eigenvalue weighted by Crippen LogP contribution is -2.46. The van der Waals surface area contributed by atoms with Crippen LogP contribution >= 0.6 is 0 Å². The van der Waals surface area contributed by atoms with Gasteiger partial charge in [0.05, 0.1) is 11.8 Å². The van der Waals surface area contributed by atoms with Gasteiger partial charge in [0, 0.05) is 24.9 Å². The van der Waals surface area contributed by atoms with Gasteiger partial charge in [-0.25, -0.2) is 8.42 Å². The zero-order chi connectivity index (χ0) is 16.2. The molecule has 0 aliphatic carbocycles. The predicted molar refractivity (Wildman–Crippen MR) is 83.2 cm³/mol. The molecule has 1 heterocycles. The van der Waals surface area contributed by atoms with Gasteiger partial charge in [0.2, 0.25) is 5.91 Å². The monoisotopic (exact) mass is 324 g/mol. The van der Waals surface area contributed by atoms with Crippen molar-refractivity contribution in [2.75, 3.05) is 25.9 Å². The van der Waals surface area contributed by atoms with Gasteiger partial charge in [-0.05, 0) is 25.0 Å². The Morgan fingerprint density at radius 3 is 2.32 bits per heavy atom. The fraction of sp³-hybridized carbons (Fsp3) is 0.467. The molecule has 7 heteroatoms. The van der Waals surface area contributed by atoms with E-state index in [0.717, 1.165) is 0 Å². The van der Waals surface area contributed by atoms with Gasteiger partial charge in [-0.1, -0.05) is 18.2 Å². The van der Waals surface area contributed by atoms with E-state index in [1.54, 1.807) is 29.2 Å². The van der Waals surface area contributed by atoms with Gasteiger partial charge in [-0.3, -0.25) is 9.59 Å². The molecular weight excluding hydrogens is 304 g/mol. The van der Waals surface area contributed by atoms with Gasteiger partial charge in [-0.2, -0.15) is 0 Å². The van der Waals surface area contributed by atoms with Crippen molar-refractivity contribution in [2.24, 2.45) is 0 Å². The highest BCUT2D eigenvalue weighted by molar-refractivity contribution is 7.91. The Labute approximate surface area is 130 Å². The number of nitrogens with one attached hydrogen (secondary N) is 1. The van der Waals surface area contributed by atoms with E-state index in [9.17, 15) is 18.0 Å². The first-order valence-electron chi connectivity index (χ1n) is 7.18. The third-order valence-electron chi connectivity index (χ3n) is 3.84. The Hall–Kier alpha value is -1.89. The Balaban J connectivity index is 1.81. The maximum Gasteiger partial charge on any atom is 0.251 e. The molecule has 22 heavy (non-hydrogen) atoms. The molecule has 1 saturated heterocycles. The molecule has 0 atom stereocenters. The maximum absolute atomic E-state index is 12.1. The van der Waals surface area contributed by atoms with Crippen LogP contribution in [-0.2, 0) is 14.6 Å². The Morgan fingerprint density at radius 1 is 1.18 bits per heavy atom. The third-order valence-corrected chi connectivity index (χ3v) is 5.52. The molecule has 1 aromatic rings. The van der Waals surface area contributed by atoms with Gasteiger partial charge in [0.25, 0.3) is 5.91 Å². The molecule has 2 rings (SSSR count). The molecule has 0 saturated carbocycles. The second kappa shape index (κ2) is 6.91. The fourth-order valence-corrected chi connectivity index (χ4v) is 3.56. The van der Waals surface area contributed by atoms with Gasteiger partial charge < -0.3 is 10.2 Å². The van der Waals surface area contributed by atoms with E-state index in [1.165, 1.54) is 6.26 Å². The molecule has 6 nitrogen and oxygen atoms in total. The molecule has 1 aliphatic heterocycles. The van der Waals surface area contributed by atoms with Crippen molar-refractivity contribution in [3.63, 3.8) is 0 Å². The molecule has 0 aromatic heterocycles. The topological polar surface area (TPSA) is 83.6 Å². The highest BCUT2D eigenvalue weighted by Crippen LogP contribution is 2.16. The van der Waals surface area contributed by atoms with Gasteiger partial charge >= 0.3 is 0 Å². The normalized spacial score (nSPS) is 16.3. The zero-order valence-electron chi connectivity index (χ0n) is 12.5. The van der Waals surface area contributed by atoms with Crippen molar-refractivity contribution in [2.45, 2.75) is 18.1 Å².